The van der Waals surface area contributed by atoms with E-state index in [0.717, 1.165) is 24.3 Å². The monoisotopic (exact) mass is 583 g/mol. The zero-order valence-electron chi connectivity index (χ0n) is 18.3. The summed E-state index contributed by atoms with van der Waals surface area (Å²) in [6.45, 7) is -0.501. The first-order valence-electron chi connectivity index (χ1n) is 10.3. The number of ketones is 1. The molecule has 12 heteroatoms. The molecule has 0 bridgehead atoms. The van der Waals surface area contributed by atoms with Crippen LogP contribution in [0, 0.1) is 0 Å². The fourth-order valence-electron chi connectivity index (χ4n) is 3.38. The number of carbonyl (C=O) groups is 1. The molecule has 0 amide bonds. The number of hydrogen-bond donors (Lipinski definition) is 1. The molecule has 0 heterocycles. The maximum Gasteiger partial charge on any atom is 0.417 e. The van der Waals surface area contributed by atoms with Crippen LogP contribution in [0.15, 0.2) is 66.7 Å². The minimum Gasteiger partial charge on any atom is -0.378 e. The van der Waals surface area contributed by atoms with Crippen LogP contribution in [0.5, 0.6) is 0 Å². The summed E-state index contributed by atoms with van der Waals surface area (Å²) in [5.41, 5.74) is -3.15. The lowest BCUT2D eigenvalue weighted by molar-refractivity contribution is -0.140. The molecule has 0 spiro atoms. The number of rotatable bonds is 7. The van der Waals surface area contributed by atoms with E-state index in [-0.39, 0.29) is 27.2 Å². The van der Waals surface area contributed by atoms with Gasteiger partial charge in [0.2, 0.25) is 0 Å². The maximum absolute atomic E-state index is 15.0. The zero-order chi connectivity index (χ0) is 27.5. The predicted molar refractivity (Wildman–Crippen MR) is 130 cm³/mol. The molecule has 37 heavy (non-hydrogen) atoms. The lowest BCUT2D eigenvalue weighted by Gasteiger charge is -2.19. The van der Waals surface area contributed by atoms with Crippen molar-refractivity contribution >= 4 is 52.1 Å². The van der Waals surface area contributed by atoms with Crippen LogP contribution in [0.2, 0.25) is 15.1 Å². The Morgan fingerprint density at radius 3 is 2.03 bits per heavy atom. The third kappa shape index (κ3) is 7.18. The number of benzene rings is 3. The molecule has 3 rings (SSSR count). The topological polar surface area (TPSA) is 29.1 Å². The summed E-state index contributed by atoms with van der Waals surface area (Å²) < 4.78 is 97.4. The largest absolute Gasteiger partial charge is 0.417 e. The number of para-hydroxylation sites is 1. The van der Waals surface area contributed by atoms with Gasteiger partial charge in [-0.05, 0) is 42.0 Å². The Kier molecular flexibility index (Phi) is 8.82. The van der Waals surface area contributed by atoms with E-state index in [1.165, 1.54) is 0 Å². The van der Waals surface area contributed by atoms with Gasteiger partial charge in [0.15, 0.2) is 5.78 Å². The molecule has 1 unspecified atom stereocenters. The molecule has 3 aromatic carbocycles. The predicted octanol–water partition coefficient (Wildman–Crippen LogP) is 9.62. The molecular weight excluding hydrogens is 570 g/mol. The summed E-state index contributed by atoms with van der Waals surface area (Å²) in [5, 5.41) is 1.82. The van der Waals surface area contributed by atoms with Gasteiger partial charge in [-0.2, -0.15) is 26.3 Å². The van der Waals surface area contributed by atoms with Crippen LogP contribution in [0.4, 0.5) is 36.4 Å². The van der Waals surface area contributed by atoms with Gasteiger partial charge in [-0.1, -0.05) is 65.1 Å². The number of allylic oxidation sites excluding steroid dienone is 1. The second-order valence-corrected chi connectivity index (χ2v) is 8.93. The Hall–Kier alpha value is -2.75. The van der Waals surface area contributed by atoms with Crippen LogP contribution in [0.3, 0.4) is 0 Å². The number of hydrogen-bond acceptors (Lipinski definition) is 2. The standard InChI is InChI=1S/C25H15Cl3F7NO/c26-19-9-14(10-20(27)23(19)28)17(24(30,31)32)11-21(29)13-6-7-16(18(8-13)25(33,34)35)22(37)12-36-15-4-2-1-3-5-15/h1-11,17,36H,12H2/b21-11-. The Bertz CT molecular complexity index is 1300. The molecule has 0 fully saturated rings. The first-order valence-corrected chi connectivity index (χ1v) is 11.4. The Labute approximate surface area is 221 Å². The minimum atomic E-state index is -5.09. The molecule has 1 N–H and O–H groups in total. The number of anilines is 1. The second kappa shape index (κ2) is 11.3. The molecule has 0 aliphatic heterocycles. The Balaban J connectivity index is 1.99. The van der Waals surface area contributed by atoms with E-state index in [9.17, 15) is 35.5 Å². The highest BCUT2D eigenvalue weighted by Crippen LogP contribution is 2.42. The van der Waals surface area contributed by atoms with Gasteiger partial charge in [-0.25, -0.2) is 4.39 Å². The van der Waals surface area contributed by atoms with Crippen molar-refractivity contribution in [1.82, 2.24) is 0 Å². The summed E-state index contributed by atoms with van der Waals surface area (Å²) in [4.78, 5) is 12.5. The van der Waals surface area contributed by atoms with Crippen LogP contribution in [-0.4, -0.2) is 18.5 Å². The molecule has 0 aromatic heterocycles. The third-order valence-corrected chi connectivity index (χ3v) is 6.36. The van der Waals surface area contributed by atoms with Crippen molar-refractivity contribution in [2.75, 3.05) is 11.9 Å². The van der Waals surface area contributed by atoms with Gasteiger partial charge in [0.25, 0.3) is 0 Å². The highest BCUT2D eigenvalue weighted by molar-refractivity contribution is 6.48. The molecule has 0 radical (unpaired) electrons. The summed E-state index contributed by atoms with van der Waals surface area (Å²) in [6.07, 6.45) is -10.0. The van der Waals surface area contributed by atoms with Crippen LogP contribution in [0.25, 0.3) is 5.83 Å². The summed E-state index contributed by atoms with van der Waals surface area (Å²) >= 11 is 17.3. The van der Waals surface area contributed by atoms with E-state index in [4.69, 9.17) is 34.8 Å². The molecular formula is C25H15Cl3F7NO. The van der Waals surface area contributed by atoms with Crippen molar-refractivity contribution in [3.05, 3.63) is 104 Å². The SMILES string of the molecule is O=C(CNc1ccccc1)c1ccc(/C(F)=C/C(c2cc(Cl)c(Cl)c(Cl)c2)C(F)(F)F)cc1C(F)(F)F. The number of halogens is 10. The quantitative estimate of drug-likeness (QED) is 0.170. The zero-order valence-corrected chi connectivity index (χ0v) is 20.6. The Morgan fingerprint density at radius 2 is 1.49 bits per heavy atom. The van der Waals surface area contributed by atoms with Crippen molar-refractivity contribution in [3.8, 4) is 0 Å². The van der Waals surface area contributed by atoms with Crippen LogP contribution in [-0.2, 0) is 6.18 Å². The van der Waals surface area contributed by atoms with Gasteiger partial charge in [0.1, 0.15) is 11.7 Å². The lowest BCUT2D eigenvalue weighted by Crippen LogP contribution is -2.20. The average Bonchev–Trinajstić information content (AvgIpc) is 2.83. The van der Waals surface area contributed by atoms with E-state index in [0.29, 0.717) is 5.69 Å². The number of alkyl halides is 6. The smallest absolute Gasteiger partial charge is 0.378 e. The van der Waals surface area contributed by atoms with Gasteiger partial charge in [0.05, 0.1) is 27.2 Å². The van der Waals surface area contributed by atoms with Gasteiger partial charge >= 0.3 is 12.4 Å². The van der Waals surface area contributed by atoms with E-state index < -0.39 is 58.7 Å². The van der Waals surface area contributed by atoms with E-state index in [2.05, 4.69) is 5.32 Å². The fourth-order valence-corrected chi connectivity index (χ4v) is 3.99. The van der Waals surface area contributed by atoms with E-state index in [1.54, 1.807) is 30.3 Å². The molecule has 0 aliphatic carbocycles. The van der Waals surface area contributed by atoms with Crippen LogP contribution < -0.4 is 5.32 Å². The third-order valence-electron chi connectivity index (χ3n) is 5.16. The fraction of sp³-hybridized carbons (Fsp3) is 0.160. The van der Waals surface area contributed by atoms with E-state index in [1.807, 2.05) is 0 Å². The number of carbonyl (C=O) groups excluding carboxylic acids is 1. The summed E-state index contributed by atoms with van der Waals surface area (Å²) in [5.74, 6) is -5.16. The molecule has 0 aliphatic rings. The van der Waals surface area contributed by atoms with Crippen molar-refractivity contribution in [3.63, 3.8) is 0 Å². The maximum atomic E-state index is 15.0. The van der Waals surface area contributed by atoms with Crippen molar-refractivity contribution < 1.29 is 35.5 Å². The van der Waals surface area contributed by atoms with Gasteiger partial charge < -0.3 is 5.32 Å². The molecule has 0 saturated carbocycles. The molecule has 3 aromatic rings. The van der Waals surface area contributed by atoms with Gasteiger partial charge in [-0.3, -0.25) is 4.79 Å². The molecule has 1 atom stereocenters. The van der Waals surface area contributed by atoms with Crippen LogP contribution in [0.1, 0.15) is 33.0 Å². The molecule has 2 nitrogen and oxygen atoms in total. The first kappa shape index (κ1) is 28.8. The normalized spacial score (nSPS) is 13.4. The van der Waals surface area contributed by atoms with Crippen molar-refractivity contribution in [2.24, 2.45) is 0 Å². The first-order chi connectivity index (χ1) is 17.2. The Morgan fingerprint density at radius 1 is 0.892 bits per heavy atom. The average molecular weight is 585 g/mol. The summed E-state index contributed by atoms with van der Waals surface area (Å²) in [7, 11) is 0. The highest BCUT2D eigenvalue weighted by Gasteiger charge is 2.41. The van der Waals surface area contributed by atoms with E-state index >= 15 is 0 Å². The van der Waals surface area contributed by atoms with Gasteiger partial charge in [0, 0.05) is 16.8 Å². The molecule has 196 valence electrons. The van der Waals surface area contributed by atoms with Gasteiger partial charge in [-0.15, -0.1) is 0 Å². The van der Waals surface area contributed by atoms with Crippen molar-refractivity contribution in [1.29, 1.82) is 0 Å². The van der Waals surface area contributed by atoms with Crippen LogP contribution >= 0.6 is 34.8 Å². The highest BCUT2D eigenvalue weighted by atomic mass is 35.5. The number of nitrogens with one attached hydrogen (secondary N) is 1. The summed E-state index contributed by atoms with van der Waals surface area (Å²) in [6, 6.07) is 11.7. The molecule has 0 saturated heterocycles. The lowest BCUT2D eigenvalue weighted by atomic mass is 9.95. The second-order valence-electron chi connectivity index (χ2n) is 7.73. The number of Topliss-reactive ketones (excluding diaryl/α,β-unsaturated/α-hetero) is 1. The minimum absolute atomic E-state index is 0.101. The van der Waals surface area contributed by atoms with Crippen molar-refractivity contribution in [2.45, 2.75) is 18.3 Å².